The Morgan fingerprint density at radius 2 is 1.95 bits per heavy atom. The second kappa shape index (κ2) is 5.92. The van der Waals surface area contributed by atoms with Crippen molar-refractivity contribution < 1.29 is 0 Å². The smallest absolute Gasteiger partial charge is 0.133 e. The molecule has 112 valence electrons. The quantitative estimate of drug-likeness (QED) is 0.918. The zero-order valence-electron chi connectivity index (χ0n) is 13.3. The highest BCUT2D eigenvalue weighted by Crippen LogP contribution is 2.29. The number of anilines is 1. The molecule has 0 bridgehead atoms. The molecule has 0 saturated carbocycles. The van der Waals surface area contributed by atoms with Crippen LogP contribution >= 0.6 is 0 Å². The first-order chi connectivity index (χ1) is 10.1. The van der Waals surface area contributed by atoms with Crippen LogP contribution in [0, 0.1) is 12.8 Å². The molecule has 0 spiro atoms. The summed E-state index contributed by atoms with van der Waals surface area (Å²) in [7, 11) is 0. The van der Waals surface area contributed by atoms with Crippen molar-refractivity contribution in [3.8, 4) is 5.69 Å². The number of rotatable bonds is 3. The third-order valence-corrected chi connectivity index (χ3v) is 4.09. The predicted molar refractivity (Wildman–Crippen MR) is 88.3 cm³/mol. The van der Waals surface area contributed by atoms with Gasteiger partial charge in [-0.25, -0.2) is 4.68 Å². The van der Waals surface area contributed by atoms with E-state index < -0.39 is 0 Å². The lowest BCUT2D eigenvalue weighted by molar-refractivity contribution is 0.622. The van der Waals surface area contributed by atoms with Crippen molar-refractivity contribution in [1.29, 1.82) is 0 Å². The third-order valence-electron chi connectivity index (χ3n) is 4.09. The van der Waals surface area contributed by atoms with Gasteiger partial charge >= 0.3 is 0 Å². The maximum Gasteiger partial charge on any atom is 0.133 e. The lowest BCUT2D eigenvalue weighted by Gasteiger charge is -2.09. The van der Waals surface area contributed by atoms with Crippen molar-refractivity contribution >= 4 is 5.82 Å². The molecule has 1 aromatic heterocycles. The van der Waals surface area contributed by atoms with Gasteiger partial charge in [-0.15, -0.1) is 0 Å². The number of aromatic nitrogens is 2. The van der Waals surface area contributed by atoms with Crippen molar-refractivity contribution in [2.24, 2.45) is 5.92 Å². The van der Waals surface area contributed by atoms with Gasteiger partial charge in [0, 0.05) is 12.1 Å². The molecule has 0 saturated heterocycles. The number of hydrogen-bond donors (Lipinski definition) is 1. The molecule has 1 aromatic carbocycles. The number of hydrogen-bond acceptors (Lipinski definition) is 2. The second-order valence-electron chi connectivity index (χ2n) is 6.50. The van der Waals surface area contributed by atoms with Crippen LogP contribution in [0.4, 0.5) is 5.82 Å². The monoisotopic (exact) mass is 283 g/mol. The predicted octanol–water partition coefficient (Wildman–Crippen LogP) is 4.13. The van der Waals surface area contributed by atoms with Gasteiger partial charge in [0.2, 0.25) is 0 Å². The first-order valence-electron chi connectivity index (χ1n) is 8.07. The number of benzene rings is 1. The van der Waals surface area contributed by atoms with Crippen molar-refractivity contribution in [3.63, 3.8) is 0 Å². The summed E-state index contributed by atoms with van der Waals surface area (Å²) in [6, 6.07) is 8.63. The molecule has 0 amide bonds. The Labute approximate surface area is 127 Å². The minimum absolute atomic E-state index is 0.638. The van der Waals surface area contributed by atoms with Crippen LogP contribution in [0.5, 0.6) is 0 Å². The zero-order chi connectivity index (χ0) is 14.8. The van der Waals surface area contributed by atoms with Crippen molar-refractivity contribution in [2.75, 3.05) is 11.9 Å². The Hall–Kier alpha value is -1.77. The van der Waals surface area contributed by atoms with E-state index in [2.05, 4.69) is 55.0 Å². The van der Waals surface area contributed by atoms with Crippen molar-refractivity contribution in [1.82, 2.24) is 9.78 Å². The third kappa shape index (κ3) is 2.97. The Kier molecular flexibility index (Phi) is 4.00. The summed E-state index contributed by atoms with van der Waals surface area (Å²) in [6.07, 6.45) is 4.70. The van der Waals surface area contributed by atoms with E-state index >= 15 is 0 Å². The number of fused-ring (bicyclic) bond motifs is 1. The number of aryl methyl sites for hydroxylation is 1. The van der Waals surface area contributed by atoms with E-state index in [1.807, 2.05) is 0 Å². The van der Waals surface area contributed by atoms with Crippen LogP contribution in [0.3, 0.4) is 0 Å². The van der Waals surface area contributed by atoms with Crippen LogP contribution in [0.15, 0.2) is 24.3 Å². The highest BCUT2D eigenvalue weighted by molar-refractivity contribution is 5.54. The molecule has 0 atom stereocenters. The van der Waals surface area contributed by atoms with Crippen LogP contribution in [0.25, 0.3) is 5.69 Å². The Balaban J connectivity index is 2.07. The van der Waals surface area contributed by atoms with Crippen LogP contribution in [0.1, 0.15) is 43.5 Å². The summed E-state index contributed by atoms with van der Waals surface area (Å²) >= 11 is 0. The highest BCUT2D eigenvalue weighted by Gasteiger charge is 2.20. The minimum atomic E-state index is 0.638. The fraction of sp³-hybridized carbons (Fsp3) is 0.500. The maximum absolute atomic E-state index is 4.93. The summed E-state index contributed by atoms with van der Waals surface area (Å²) in [5, 5.41) is 8.53. The fourth-order valence-electron chi connectivity index (χ4n) is 3.00. The van der Waals surface area contributed by atoms with Gasteiger partial charge in [0.25, 0.3) is 0 Å². The molecule has 2 heterocycles. The highest BCUT2D eigenvalue weighted by atomic mass is 15.3. The Bertz CT molecular complexity index is 608. The van der Waals surface area contributed by atoms with Gasteiger partial charge < -0.3 is 5.32 Å². The van der Waals surface area contributed by atoms with Gasteiger partial charge in [0.1, 0.15) is 5.82 Å². The minimum Gasteiger partial charge on any atom is -0.370 e. The molecule has 2 aromatic rings. The molecule has 3 rings (SSSR count). The average Bonchev–Trinajstić information content (AvgIpc) is 2.63. The molecule has 0 unspecified atom stereocenters. The molecule has 0 radical (unpaired) electrons. The molecule has 0 fully saturated rings. The molecule has 3 nitrogen and oxygen atoms in total. The summed E-state index contributed by atoms with van der Waals surface area (Å²) in [5.41, 5.74) is 5.14. The largest absolute Gasteiger partial charge is 0.370 e. The van der Waals surface area contributed by atoms with E-state index in [1.165, 1.54) is 35.5 Å². The fourth-order valence-corrected chi connectivity index (χ4v) is 3.00. The van der Waals surface area contributed by atoms with E-state index in [1.54, 1.807) is 0 Å². The molecule has 1 N–H and O–H groups in total. The maximum atomic E-state index is 4.93. The van der Waals surface area contributed by atoms with Gasteiger partial charge in [-0.1, -0.05) is 31.5 Å². The number of nitrogens with zero attached hydrogens (tertiary/aromatic N) is 2. The standard InChI is InChI=1S/C18H25N3/c1-13(2)12-17-16-6-4-5-11-19-18(16)21(20-17)15-9-7-14(3)8-10-15/h7-10,13,19H,4-6,11-12H2,1-3H3. The molecule has 21 heavy (non-hydrogen) atoms. The second-order valence-corrected chi connectivity index (χ2v) is 6.50. The van der Waals surface area contributed by atoms with Gasteiger partial charge in [-0.05, 0) is 50.7 Å². The summed E-state index contributed by atoms with van der Waals surface area (Å²) in [4.78, 5) is 0. The lowest BCUT2D eigenvalue weighted by Crippen LogP contribution is -2.07. The van der Waals surface area contributed by atoms with Gasteiger partial charge in [-0.3, -0.25) is 0 Å². The number of nitrogens with one attached hydrogen (secondary N) is 1. The molecule has 0 aliphatic carbocycles. The van der Waals surface area contributed by atoms with Crippen molar-refractivity contribution in [3.05, 3.63) is 41.1 Å². The van der Waals surface area contributed by atoms with E-state index in [-0.39, 0.29) is 0 Å². The SMILES string of the molecule is Cc1ccc(-n2nc(CC(C)C)c3c2NCCCC3)cc1. The normalized spacial score (nSPS) is 14.7. The van der Waals surface area contributed by atoms with E-state index in [9.17, 15) is 0 Å². The topological polar surface area (TPSA) is 29.9 Å². The van der Waals surface area contributed by atoms with Crippen LogP contribution in [-0.2, 0) is 12.8 Å². The molecule has 1 aliphatic rings. The van der Waals surface area contributed by atoms with Gasteiger partial charge in [0.15, 0.2) is 0 Å². The summed E-state index contributed by atoms with van der Waals surface area (Å²) in [6.45, 7) is 7.70. The van der Waals surface area contributed by atoms with Gasteiger partial charge in [-0.2, -0.15) is 5.10 Å². The van der Waals surface area contributed by atoms with Crippen molar-refractivity contribution in [2.45, 2.75) is 46.5 Å². The molecular weight excluding hydrogens is 258 g/mol. The Morgan fingerprint density at radius 1 is 1.19 bits per heavy atom. The van der Waals surface area contributed by atoms with Crippen LogP contribution in [-0.4, -0.2) is 16.3 Å². The Morgan fingerprint density at radius 3 is 2.67 bits per heavy atom. The first-order valence-corrected chi connectivity index (χ1v) is 8.07. The van der Waals surface area contributed by atoms with E-state index in [0.717, 1.165) is 25.1 Å². The summed E-state index contributed by atoms with van der Waals surface area (Å²) in [5.74, 6) is 1.85. The lowest BCUT2D eigenvalue weighted by atomic mass is 10.0. The van der Waals surface area contributed by atoms with E-state index in [4.69, 9.17) is 5.10 Å². The molecule has 3 heteroatoms. The van der Waals surface area contributed by atoms with Crippen LogP contribution in [0.2, 0.25) is 0 Å². The zero-order valence-corrected chi connectivity index (χ0v) is 13.3. The van der Waals surface area contributed by atoms with Gasteiger partial charge in [0.05, 0.1) is 11.4 Å². The average molecular weight is 283 g/mol. The summed E-state index contributed by atoms with van der Waals surface area (Å²) < 4.78 is 2.11. The van der Waals surface area contributed by atoms with Crippen LogP contribution < -0.4 is 5.32 Å². The first kappa shape index (κ1) is 14.2. The molecular formula is C18H25N3. The van der Waals surface area contributed by atoms with E-state index in [0.29, 0.717) is 5.92 Å². The molecule has 1 aliphatic heterocycles.